The van der Waals surface area contributed by atoms with Gasteiger partial charge in [-0.15, -0.1) is 0 Å². The Morgan fingerprint density at radius 2 is 1.85 bits per heavy atom. The zero-order valence-corrected chi connectivity index (χ0v) is 14.5. The van der Waals surface area contributed by atoms with Crippen molar-refractivity contribution in [1.29, 1.82) is 0 Å². The first-order valence-electron chi connectivity index (χ1n) is 8.34. The van der Waals surface area contributed by atoms with Gasteiger partial charge >= 0.3 is 0 Å². The van der Waals surface area contributed by atoms with Gasteiger partial charge in [-0.3, -0.25) is 4.98 Å². The molecule has 0 saturated heterocycles. The van der Waals surface area contributed by atoms with E-state index in [0.717, 1.165) is 12.0 Å². The summed E-state index contributed by atoms with van der Waals surface area (Å²) in [5.41, 5.74) is 1.12. The summed E-state index contributed by atoms with van der Waals surface area (Å²) in [4.78, 5) is 12.9. The maximum Gasteiger partial charge on any atom is 0.225 e. The highest BCUT2D eigenvalue weighted by atomic mass is 19.1. The Hall–Kier alpha value is -3.09. The van der Waals surface area contributed by atoms with E-state index in [1.165, 1.54) is 18.2 Å². The average Bonchev–Trinajstić information content (AvgIpc) is 2.65. The van der Waals surface area contributed by atoms with Gasteiger partial charge in [0.25, 0.3) is 0 Å². The molecule has 0 bridgehead atoms. The van der Waals surface area contributed by atoms with E-state index in [1.54, 1.807) is 24.5 Å². The Kier molecular flexibility index (Phi) is 5.36. The van der Waals surface area contributed by atoms with Crippen LogP contribution in [0.3, 0.4) is 0 Å². The molecule has 0 aliphatic heterocycles. The number of nitrogens with one attached hydrogen (secondary N) is 2. The molecule has 26 heavy (non-hydrogen) atoms. The van der Waals surface area contributed by atoms with Crippen molar-refractivity contribution in [2.75, 3.05) is 10.6 Å². The summed E-state index contributed by atoms with van der Waals surface area (Å²) >= 11 is 0. The van der Waals surface area contributed by atoms with Crippen LogP contribution in [0.1, 0.15) is 20.3 Å². The van der Waals surface area contributed by atoms with E-state index in [1.807, 2.05) is 19.9 Å². The highest BCUT2D eigenvalue weighted by molar-refractivity contribution is 5.67. The van der Waals surface area contributed by atoms with Crippen LogP contribution in [-0.2, 0) is 0 Å². The first kappa shape index (κ1) is 17.7. The summed E-state index contributed by atoms with van der Waals surface area (Å²) in [6.07, 6.45) is 4.21. The monoisotopic (exact) mass is 355 g/mol. The molecular formula is C19H19F2N5. The smallest absolute Gasteiger partial charge is 0.225 e. The molecule has 0 fully saturated rings. The molecule has 0 aliphatic carbocycles. The zero-order valence-electron chi connectivity index (χ0n) is 14.5. The largest absolute Gasteiger partial charge is 0.352 e. The van der Waals surface area contributed by atoms with Crippen LogP contribution >= 0.6 is 0 Å². The van der Waals surface area contributed by atoms with E-state index in [4.69, 9.17) is 0 Å². The third kappa shape index (κ3) is 4.11. The third-order valence-electron chi connectivity index (χ3n) is 3.89. The summed E-state index contributed by atoms with van der Waals surface area (Å²) in [6, 6.07) is 9.12. The zero-order chi connectivity index (χ0) is 18.5. The lowest BCUT2D eigenvalue weighted by molar-refractivity contribution is 0.590. The van der Waals surface area contributed by atoms with Crippen LogP contribution in [-0.4, -0.2) is 21.0 Å². The molecule has 5 nitrogen and oxygen atoms in total. The van der Waals surface area contributed by atoms with Crippen molar-refractivity contribution in [3.8, 4) is 11.3 Å². The molecule has 134 valence electrons. The van der Waals surface area contributed by atoms with E-state index >= 15 is 0 Å². The molecule has 2 aromatic heterocycles. The minimum atomic E-state index is -0.692. The molecular weight excluding hydrogens is 336 g/mol. The number of nitrogens with zero attached hydrogens (tertiary/aromatic N) is 3. The first-order chi connectivity index (χ1) is 12.6. The number of rotatable bonds is 6. The molecule has 3 aromatic rings. The van der Waals surface area contributed by atoms with Crippen LogP contribution in [0.25, 0.3) is 11.3 Å². The highest BCUT2D eigenvalue weighted by Crippen LogP contribution is 2.26. The Labute approximate surface area is 150 Å². The maximum atomic E-state index is 14.0. The lowest BCUT2D eigenvalue weighted by Crippen LogP contribution is -2.16. The fourth-order valence-corrected chi connectivity index (χ4v) is 2.31. The molecule has 1 atom stereocenters. The van der Waals surface area contributed by atoms with Crippen molar-refractivity contribution in [2.45, 2.75) is 26.3 Å². The summed E-state index contributed by atoms with van der Waals surface area (Å²) in [5.74, 6) is -0.723. The van der Waals surface area contributed by atoms with Crippen LogP contribution in [0.15, 0.2) is 48.8 Å². The molecule has 0 saturated carbocycles. The Bertz CT molecular complexity index is 866. The molecule has 2 N–H and O–H groups in total. The fraction of sp³-hybridized carbons (Fsp3) is 0.211. The van der Waals surface area contributed by atoms with E-state index in [0.29, 0.717) is 11.6 Å². The quantitative estimate of drug-likeness (QED) is 0.667. The van der Waals surface area contributed by atoms with E-state index < -0.39 is 11.6 Å². The molecule has 0 unspecified atom stereocenters. The number of anilines is 3. The van der Waals surface area contributed by atoms with Gasteiger partial charge in [0.05, 0.1) is 5.69 Å². The molecule has 2 heterocycles. The first-order valence-corrected chi connectivity index (χ1v) is 8.34. The minimum absolute atomic E-state index is 0.150. The van der Waals surface area contributed by atoms with E-state index in [2.05, 4.69) is 25.6 Å². The fourth-order valence-electron chi connectivity index (χ4n) is 2.31. The van der Waals surface area contributed by atoms with Crippen LogP contribution < -0.4 is 10.6 Å². The normalized spacial score (nSPS) is 11.8. The van der Waals surface area contributed by atoms with Crippen LogP contribution in [0.4, 0.5) is 26.2 Å². The van der Waals surface area contributed by atoms with Gasteiger partial charge in [0.1, 0.15) is 23.1 Å². The molecule has 0 spiro atoms. The molecule has 3 rings (SSSR count). The summed E-state index contributed by atoms with van der Waals surface area (Å²) in [5, 5.41) is 5.91. The SMILES string of the molecule is CC[C@@H](C)Nc1nc(Nc2c(F)cccc2F)cc(-c2cccnc2)n1. The number of aromatic nitrogens is 3. The third-order valence-corrected chi connectivity index (χ3v) is 3.89. The Morgan fingerprint density at radius 3 is 2.50 bits per heavy atom. The van der Waals surface area contributed by atoms with Crippen molar-refractivity contribution in [3.63, 3.8) is 0 Å². The van der Waals surface area contributed by atoms with Crippen LogP contribution in [0.5, 0.6) is 0 Å². The van der Waals surface area contributed by atoms with Crippen molar-refractivity contribution in [2.24, 2.45) is 0 Å². The van der Waals surface area contributed by atoms with Gasteiger partial charge in [0.15, 0.2) is 0 Å². The number of halogens is 2. The second kappa shape index (κ2) is 7.86. The average molecular weight is 355 g/mol. The number of hydrogen-bond donors (Lipinski definition) is 2. The standard InChI is InChI=1S/C19H19F2N5/c1-3-12(2)23-19-24-16(13-6-5-9-22-11-13)10-17(26-19)25-18-14(20)7-4-8-15(18)21/h4-12H,3H2,1-2H3,(H2,23,24,25,26)/t12-/m1/s1. The predicted octanol–water partition coefficient (Wildman–Crippen LogP) is 4.77. The van der Waals surface area contributed by atoms with Crippen molar-refractivity contribution < 1.29 is 8.78 Å². The van der Waals surface area contributed by atoms with Gasteiger partial charge in [0.2, 0.25) is 5.95 Å². The van der Waals surface area contributed by atoms with Crippen LogP contribution in [0, 0.1) is 11.6 Å². The number of benzene rings is 1. The van der Waals surface area contributed by atoms with Crippen LogP contribution in [0.2, 0.25) is 0 Å². The van der Waals surface area contributed by atoms with Gasteiger partial charge in [0, 0.05) is 30.1 Å². The summed E-state index contributed by atoms with van der Waals surface area (Å²) in [6.45, 7) is 4.04. The molecule has 0 radical (unpaired) electrons. The molecule has 1 aromatic carbocycles. The van der Waals surface area contributed by atoms with Gasteiger partial charge in [-0.25, -0.2) is 13.8 Å². The van der Waals surface area contributed by atoms with E-state index in [-0.39, 0.29) is 17.5 Å². The Morgan fingerprint density at radius 1 is 1.08 bits per heavy atom. The van der Waals surface area contributed by atoms with Gasteiger partial charge in [-0.2, -0.15) is 4.98 Å². The predicted molar refractivity (Wildman–Crippen MR) is 98.3 cm³/mol. The number of pyridine rings is 1. The lowest BCUT2D eigenvalue weighted by Gasteiger charge is -2.15. The molecule has 0 amide bonds. The number of hydrogen-bond acceptors (Lipinski definition) is 5. The van der Waals surface area contributed by atoms with Crippen molar-refractivity contribution >= 4 is 17.5 Å². The van der Waals surface area contributed by atoms with Gasteiger partial charge in [-0.1, -0.05) is 13.0 Å². The van der Waals surface area contributed by atoms with Gasteiger partial charge < -0.3 is 10.6 Å². The minimum Gasteiger partial charge on any atom is -0.352 e. The van der Waals surface area contributed by atoms with E-state index in [9.17, 15) is 8.78 Å². The summed E-state index contributed by atoms with van der Waals surface area (Å²) < 4.78 is 27.9. The van der Waals surface area contributed by atoms with Crippen molar-refractivity contribution in [1.82, 2.24) is 15.0 Å². The van der Waals surface area contributed by atoms with Gasteiger partial charge in [-0.05, 0) is 37.6 Å². The topological polar surface area (TPSA) is 62.7 Å². The van der Waals surface area contributed by atoms with Crippen molar-refractivity contribution in [3.05, 3.63) is 60.4 Å². The second-order valence-corrected chi connectivity index (χ2v) is 5.88. The molecule has 7 heteroatoms. The molecule has 0 aliphatic rings. The maximum absolute atomic E-state index is 14.0. The Balaban J connectivity index is 2.02. The second-order valence-electron chi connectivity index (χ2n) is 5.88. The summed E-state index contributed by atoms with van der Waals surface area (Å²) in [7, 11) is 0. The lowest BCUT2D eigenvalue weighted by atomic mass is 10.2. The number of para-hydroxylation sites is 1. The highest BCUT2D eigenvalue weighted by Gasteiger charge is 2.13.